The zero-order chi connectivity index (χ0) is 13.1. The zero-order valence-corrected chi connectivity index (χ0v) is 11.1. The van der Waals surface area contributed by atoms with Gasteiger partial charge in [-0.2, -0.15) is 17.0 Å². The van der Waals surface area contributed by atoms with Crippen LogP contribution in [0, 0.1) is 0 Å². The average Bonchev–Trinajstić information content (AvgIpc) is 2.30. The number of rotatable bonds is 5. The molecule has 0 amide bonds. The second kappa shape index (κ2) is 5.79. The van der Waals surface area contributed by atoms with Crippen LogP contribution in [0.25, 0.3) is 0 Å². The molecule has 17 heavy (non-hydrogen) atoms. The molecule has 0 saturated carbocycles. The first-order chi connectivity index (χ1) is 7.91. The lowest BCUT2D eigenvalue weighted by Gasteiger charge is -2.32. The monoisotopic (exact) mass is 264 g/mol. The van der Waals surface area contributed by atoms with Crippen LogP contribution in [0.3, 0.4) is 0 Å². The van der Waals surface area contributed by atoms with E-state index in [4.69, 9.17) is 5.11 Å². The Morgan fingerprint density at radius 1 is 1.35 bits per heavy atom. The van der Waals surface area contributed by atoms with Crippen molar-refractivity contribution in [3.8, 4) is 0 Å². The van der Waals surface area contributed by atoms with Gasteiger partial charge in [-0.05, 0) is 19.3 Å². The lowest BCUT2D eigenvalue weighted by molar-refractivity contribution is -0.141. The molecule has 100 valence electrons. The maximum atomic E-state index is 12.2. The molecule has 1 unspecified atom stereocenters. The van der Waals surface area contributed by atoms with Gasteiger partial charge in [0.2, 0.25) is 0 Å². The standard InChI is InChI=1S/C10H20N2O4S/c1-3-9(10(13)14)11(2)17(15,16)12-7-5-4-6-8-12/h9H,3-8H2,1-2H3,(H,13,14). The molecule has 1 N–H and O–H groups in total. The van der Waals surface area contributed by atoms with E-state index in [1.165, 1.54) is 11.4 Å². The maximum Gasteiger partial charge on any atom is 0.322 e. The molecule has 1 heterocycles. The molecule has 0 bridgehead atoms. The number of hydrogen-bond acceptors (Lipinski definition) is 3. The molecule has 0 radical (unpaired) electrons. The highest BCUT2D eigenvalue weighted by Crippen LogP contribution is 2.18. The normalized spacial score (nSPS) is 20.4. The fourth-order valence-electron chi connectivity index (χ4n) is 2.03. The van der Waals surface area contributed by atoms with E-state index in [0.29, 0.717) is 13.1 Å². The van der Waals surface area contributed by atoms with E-state index in [2.05, 4.69) is 0 Å². The second-order valence-corrected chi connectivity index (χ2v) is 6.23. The van der Waals surface area contributed by atoms with Gasteiger partial charge in [0, 0.05) is 20.1 Å². The lowest BCUT2D eigenvalue weighted by Crippen LogP contribution is -2.50. The van der Waals surface area contributed by atoms with E-state index in [0.717, 1.165) is 23.6 Å². The third-order valence-electron chi connectivity index (χ3n) is 3.12. The van der Waals surface area contributed by atoms with Crippen LogP contribution in [0.15, 0.2) is 0 Å². The van der Waals surface area contributed by atoms with Crippen molar-refractivity contribution in [3.63, 3.8) is 0 Å². The Labute approximate surface area is 102 Å². The first kappa shape index (κ1) is 14.4. The number of likely N-dealkylation sites (N-methyl/N-ethyl adjacent to an activating group) is 1. The average molecular weight is 264 g/mol. The maximum absolute atomic E-state index is 12.2. The summed E-state index contributed by atoms with van der Waals surface area (Å²) in [5.74, 6) is -1.10. The molecule has 1 fully saturated rings. The van der Waals surface area contributed by atoms with Crippen molar-refractivity contribution in [1.29, 1.82) is 0 Å². The first-order valence-electron chi connectivity index (χ1n) is 5.87. The van der Waals surface area contributed by atoms with Crippen molar-refractivity contribution >= 4 is 16.2 Å². The summed E-state index contributed by atoms with van der Waals surface area (Å²) < 4.78 is 26.7. The molecule has 0 spiro atoms. The third-order valence-corrected chi connectivity index (χ3v) is 5.12. The summed E-state index contributed by atoms with van der Waals surface area (Å²) in [7, 11) is -2.29. The fourth-order valence-corrected chi connectivity index (χ4v) is 3.67. The summed E-state index contributed by atoms with van der Waals surface area (Å²) in [5.41, 5.74) is 0. The minimum Gasteiger partial charge on any atom is -0.480 e. The van der Waals surface area contributed by atoms with E-state index in [1.54, 1.807) is 6.92 Å². The highest BCUT2D eigenvalue weighted by Gasteiger charge is 2.35. The van der Waals surface area contributed by atoms with Gasteiger partial charge in [-0.25, -0.2) is 0 Å². The topological polar surface area (TPSA) is 77.9 Å². The molecule has 1 atom stereocenters. The molecule has 6 nitrogen and oxygen atoms in total. The highest BCUT2D eigenvalue weighted by atomic mass is 32.2. The Bertz CT molecular complexity index is 363. The molecule has 0 aromatic rings. The van der Waals surface area contributed by atoms with Crippen molar-refractivity contribution in [1.82, 2.24) is 8.61 Å². The zero-order valence-electron chi connectivity index (χ0n) is 10.3. The number of hydrogen-bond donors (Lipinski definition) is 1. The van der Waals surface area contributed by atoms with Crippen molar-refractivity contribution in [2.45, 2.75) is 38.6 Å². The van der Waals surface area contributed by atoms with E-state index in [9.17, 15) is 13.2 Å². The van der Waals surface area contributed by atoms with E-state index in [-0.39, 0.29) is 6.42 Å². The summed E-state index contributed by atoms with van der Waals surface area (Å²) in [6.07, 6.45) is 2.98. The minimum atomic E-state index is -3.63. The van der Waals surface area contributed by atoms with Crippen molar-refractivity contribution in [2.24, 2.45) is 0 Å². The van der Waals surface area contributed by atoms with Crippen LogP contribution in [0.2, 0.25) is 0 Å². The lowest BCUT2D eigenvalue weighted by atomic mass is 10.2. The van der Waals surface area contributed by atoms with Crippen LogP contribution in [0.1, 0.15) is 32.6 Å². The number of carboxylic acid groups (broad SMARTS) is 1. The quantitative estimate of drug-likeness (QED) is 0.785. The minimum absolute atomic E-state index is 0.263. The second-order valence-electron chi connectivity index (χ2n) is 4.25. The molecule has 0 aliphatic carbocycles. The van der Waals surface area contributed by atoms with Gasteiger partial charge < -0.3 is 5.11 Å². The third kappa shape index (κ3) is 3.17. The van der Waals surface area contributed by atoms with Gasteiger partial charge in [-0.3, -0.25) is 4.79 Å². The highest BCUT2D eigenvalue weighted by molar-refractivity contribution is 7.86. The molecule has 1 aliphatic heterocycles. The first-order valence-corrected chi connectivity index (χ1v) is 7.27. The van der Waals surface area contributed by atoms with Gasteiger partial charge in [-0.15, -0.1) is 0 Å². The van der Waals surface area contributed by atoms with Crippen LogP contribution in [-0.2, 0) is 15.0 Å². The van der Waals surface area contributed by atoms with Gasteiger partial charge in [0.15, 0.2) is 0 Å². The number of carboxylic acids is 1. The van der Waals surface area contributed by atoms with E-state index in [1.807, 2.05) is 0 Å². The van der Waals surface area contributed by atoms with Crippen LogP contribution >= 0.6 is 0 Å². The van der Waals surface area contributed by atoms with E-state index >= 15 is 0 Å². The van der Waals surface area contributed by atoms with Crippen LogP contribution in [0.5, 0.6) is 0 Å². The van der Waals surface area contributed by atoms with Gasteiger partial charge in [0.05, 0.1) is 0 Å². The predicted octanol–water partition coefficient (Wildman–Crippen LogP) is 0.512. The summed E-state index contributed by atoms with van der Waals surface area (Å²) in [5, 5.41) is 8.98. The number of nitrogens with zero attached hydrogens (tertiary/aromatic N) is 2. The van der Waals surface area contributed by atoms with Crippen molar-refractivity contribution in [3.05, 3.63) is 0 Å². The Hall–Kier alpha value is -0.660. The SMILES string of the molecule is CCC(C(=O)O)N(C)S(=O)(=O)N1CCCCC1. The molecule has 1 aliphatic rings. The van der Waals surface area contributed by atoms with Gasteiger partial charge in [0.25, 0.3) is 10.2 Å². The molecular formula is C10H20N2O4S. The largest absolute Gasteiger partial charge is 0.480 e. The number of aliphatic carboxylic acids is 1. The summed E-state index contributed by atoms with van der Waals surface area (Å²) in [6, 6.07) is -0.984. The summed E-state index contributed by atoms with van der Waals surface area (Å²) >= 11 is 0. The van der Waals surface area contributed by atoms with Crippen LogP contribution < -0.4 is 0 Å². The Balaban J connectivity index is 2.84. The molecule has 0 aromatic carbocycles. The van der Waals surface area contributed by atoms with Gasteiger partial charge in [0.1, 0.15) is 6.04 Å². The smallest absolute Gasteiger partial charge is 0.322 e. The van der Waals surface area contributed by atoms with Crippen molar-refractivity contribution in [2.75, 3.05) is 20.1 Å². The van der Waals surface area contributed by atoms with Crippen LogP contribution in [0.4, 0.5) is 0 Å². The fraction of sp³-hybridized carbons (Fsp3) is 0.900. The van der Waals surface area contributed by atoms with E-state index < -0.39 is 22.2 Å². The summed E-state index contributed by atoms with van der Waals surface area (Å²) in [4.78, 5) is 11.0. The Morgan fingerprint density at radius 2 is 1.88 bits per heavy atom. The van der Waals surface area contributed by atoms with Crippen LogP contribution in [-0.4, -0.2) is 54.3 Å². The molecule has 1 rings (SSSR count). The Morgan fingerprint density at radius 3 is 2.29 bits per heavy atom. The number of piperidine rings is 1. The Kier molecular flexibility index (Phi) is 4.91. The van der Waals surface area contributed by atoms with Gasteiger partial charge in [-0.1, -0.05) is 13.3 Å². The summed E-state index contributed by atoms with van der Waals surface area (Å²) in [6.45, 7) is 2.65. The number of carbonyl (C=O) groups is 1. The van der Waals surface area contributed by atoms with Gasteiger partial charge >= 0.3 is 5.97 Å². The molecular weight excluding hydrogens is 244 g/mol. The molecule has 7 heteroatoms. The van der Waals surface area contributed by atoms with Crippen molar-refractivity contribution < 1.29 is 18.3 Å². The molecule has 0 aromatic heterocycles. The predicted molar refractivity (Wildman–Crippen MR) is 63.8 cm³/mol. The molecule has 1 saturated heterocycles.